The third-order valence-electron chi connectivity index (χ3n) is 2.99. The SMILES string of the molecule is CCCCNC(=O)c1ccnc(N2CCOCC2)n1. The van der Waals surface area contributed by atoms with Gasteiger partial charge in [-0.3, -0.25) is 4.79 Å². The lowest BCUT2D eigenvalue weighted by atomic mass is 10.3. The maximum absolute atomic E-state index is 11.9. The van der Waals surface area contributed by atoms with Crippen LogP contribution in [0, 0.1) is 0 Å². The molecule has 0 unspecified atom stereocenters. The molecule has 0 aliphatic carbocycles. The summed E-state index contributed by atoms with van der Waals surface area (Å²) < 4.78 is 5.29. The summed E-state index contributed by atoms with van der Waals surface area (Å²) in [5, 5.41) is 2.86. The zero-order valence-electron chi connectivity index (χ0n) is 11.3. The van der Waals surface area contributed by atoms with Gasteiger partial charge in [0.15, 0.2) is 0 Å². The Balaban J connectivity index is 1.99. The Hall–Kier alpha value is -1.69. The van der Waals surface area contributed by atoms with Crippen LogP contribution in [-0.2, 0) is 4.74 Å². The number of nitrogens with one attached hydrogen (secondary N) is 1. The Labute approximate surface area is 113 Å². The summed E-state index contributed by atoms with van der Waals surface area (Å²) >= 11 is 0. The van der Waals surface area contributed by atoms with Crippen molar-refractivity contribution in [1.29, 1.82) is 0 Å². The Bertz CT molecular complexity index is 419. The first kappa shape index (κ1) is 13.7. The molecule has 0 bridgehead atoms. The number of anilines is 1. The van der Waals surface area contributed by atoms with Gasteiger partial charge in [-0.05, 0) is 12.5 Å². The molecule has 0 atom stereocenters. The Morgan fingerprint density at radius 1 is 1.47 bits per heavy atom. The van der Waals surface area contributed by atoms with Crippen molar-refractivity contribution in [1.82, 2.24) is 15.3 Å². The lowest BCUT2D eigenvalue weighted by molar-refractivity contribution is 0.0948. The quantitative estimate of drug-likeness (QED) is 0.798. The molecule has 1 aromatic rings. The number of amides is 1. The highest BCUT2D eigenvalue weighted by Crippen LogP contribution is 2.09. The van der Waals surface area contributed by atoms with E-state index in [2.05, 4.69) is 22.2 Å². The van der Waals surface area contributed by atoms with Crippen molar-refractivity contribution < 1.29 is 9.53 Å². The first-order valence-corrected chi connectivity index (χ1v) is 6.75. The van der Waals surface area contributed by atoms with E-state index in [0.29, 0.717) is 31.4 Å². The average Bonchev–Trinajstić information content (AvgIpc) is 2.48. The first-order valence-electron chi connectivity index (χ1n) is 6.75. The van der Waals surface area contributed by atoms with Crippen molar-refractivity contribution in [2.24, 2.45) is 0 Å². The topological polar surface area (TPSA) is 67.4 Å². The van der Waals surface area contributed by atoms with Crippen LogP contribution in [-0.4, -0.2) is 48.7 Å². The molecular formula is C13H20N4O2. The van der Waals surface area contributed by atoms with Gasteiger partial charge in [-0.15, -0.1) is 0 Å². The number of aromatic nitrogens is 2. The molecule has 104 valence electrons. The van der Waals surface area contributed by atoms with Crippen LogP contribution in [0.25, 0.3) is 0 Å². The van der Waals surface area contributed by atoms with E-state index in [1.807, 2.05) is 4.90 Å². The Morgan fingerprint density at radius 3 is 3.00 bits per heavy atom. The summed E-state index contributed by atoms with van der Waals surface area (Å²) in [6, 6.07) is 1.64. The summed E-state index contributed by atoms with van der Waals surface area (Å²) in [7, 11) is 0. The van der Waals surface area contributed by atoms with E-state index < -0.39 is 0 Å². The van der Waals surface area contributed by atoms with E-state index in [1.54, 1.807) is 12.3 Å². The van der Waals surface area contributed by atoms with Crippen molar-refractivity contribution >= 4 is 11.9 Å². The minimum atomic E-state index is -0.134. The molecule has 0 saturated carbocycles. The molecule has 1 amide bonds. The molecule has 1 aliphatic heterocycles. The Morgan fingerprint density at radius 2 is 2.26 bits per heavy atom. The summed E-state index contributed by atoms with van der Waals surface area (Å²) in [4.78, 5) is 22.5. The molecule has 1 aromatic heterocycles. The van der Waals surface area contributed by atoms with Gasteiger partial charge in [0, 0.05) is 25.8 Å². The summed E-state index contributed by atoms with van der Waals surface area (Å²) in [5.41, 5.74) is 0.424. The molecule has 1 saturated heterocycles. The van der Waals surface area contributed by atoms with E-state index >= 15 is 0 Å². The highest BCUT2D eigenvalue weighted by molar-refractivity contribution is 5.92. The molecule has 0 spiro atoms. The maximum atomic E-state index is 11.9. The number of hydrogen-bond acceptors (Lipinski definition) is 5. The van der Waals surface area contributed by atoms with E-state index in [4.69, 9.17) is 4.74 Å². The molecule has 1 N–H and O–H groups in total. The summed E-state index contributed by atoms with van der Waals surface area (Å²) in [5.74, 6) is 0.469. The van der Waals surface area contributed by atoms with Crippen LogP contribution in [0.2, 0.25) is 0 Å². The van der Waals surface area contributed by atoms with Gasteiger partial charge in [-0.25, -0.2) is 9.97 Å². The van der Waals surface area contributed by atoms with Crippen LogP contribution >= 0.6 is 0 Å². The van der Waals surface area contributed by atoms with Crippen molar-refractivity contribution in [2.75, 3.05) is 37.7 Å². The second-order valence-corrected chi connectivity index (χ2v) is 4.45. The van der Waals surface area contributed by atoms with Crippen molar-refractivity contribution in [2.45, 2.75) is 19.8 Å². The molecule has 0 radical (unpaired) electrons. The summed E-state index contributed by atoms with van der Waals surface area (Å²) in [6.07, 6.45) is 3.67. The first-order chi connectivity index (χ1) is 9.31. The highest BCUT2D eigenvalue weighted by Gasteiger charge is 2.15. The second-order valence-electron chi connectivity index (χ2n) is 4.45. The zero-order chi connectivity index (χ0) is 13.5. The summed E-state index contributed by atoms with van der Waals surface area (Å²) in [6.45, 7) is 5.66. The number of unbranched alkanes of at least 4 members (excludes halogenated alkanes) is 1. The van der Waals surface area contributed by atoms with Gasteiger partial charge in [0.25, 0.3) is 5.91 Å². The van der Waals surface area contributed by atoms with E-state index in [0.717, 1.165) is 25.9 Å². The van der Waals surface area contributed by atoms with Crippen molar-refractivity contribution in [3.8, 4) is 0 Å². The fourth-order valence-electron chi connectivity index (χ4n) is 1.86. The molecule has 1 fully saturated rings. The minimum Gasteiger partial charge on any atom is -0.378 e. The van der Waals surface area contributed by atoms with E-state index in [9.17, 15) is 4.79 Å². The van der Waals surface area contributed by atoms with Crippen LogP contribution in [0.3, 0.4) is 0 Å². The van der Waals surface area contributed by atoms with Crippen LogP contribution in [0.5, 0.6) is 0 Å². The molecule has 2 rings (SSSR count). The third-order valence-corrected chi connectivity index (χ3v) is 2.99. The molecule has 0 aromatic carbocycles. The van der Waals surface area contributed by atoms with Gasteiger partial charge >= 0.3 is 0 Å². The smallest absolute Gasteiger partial charge is 0.270 e. The Kier molecular flexibility index (Phi) is 5.09. The van der Waals surface area contributed by atoms with Crippen molar-refractivity contribution in [3.63, 3.8) is 0 Å². The average molecular weight is 264 g/mol. The van der Waals surface area contributed by atoms with E-state index in [-0.39, 0.29) is 5.91 Å². The number of morpholine rings is 1. The van der Waals surface area contributed by atoms with Crippen LogP contribution in [0.4, 0.5) is 5.95 Å². The van der Waals surface area contributed by atoms with Crippen LogP contribution < -0.4 is 10.2 Å². The fourth-order valence-corrected chi connectivity index (χ4v) is 1.86. The molecule has 6 nitrogen and oxygen atoms in total. The third kappa shape index (κ3) is 3.89. The minimum absolute atomic E-state index is 0.134. The van der Waals surface area contributed by atoms with Gasteiger partial charge in [0.05, 0.1) is 13.2 Å². The maximum Gasteiger partial charge on any atom is 0.270 e. The molecule has 6 heteroatoms. The number of carbonyl (C=O) groups is 1. The molecule has 1 aliphatic rings. The predicted octanol–water partition coefficient (Wildman–Crippen LogP) is 0.843. The predicted molar refractivity (Wildman–Crippen MR) is 72.3 cm³/mol. The fraction of sp³-hybridized carbons (Fsp3) is 0.615. The zero-order valence-corrected chi connectivity index (χ0v) is 11.3. The lowest BCUT2D eigenvalue weighted by Gasteiger charge is -2.26. The lowest BCUT2D eigenvalue weighted by Crippen LogP contribution is -2.37. The number of carbonyl (C=O) groups excluding carboxylic acids is 1. The standard InChI is InChI=1S/C13H20N4O2/c1-2-3-5-14-12(18)11-4-6-15-13(16-11)17-7-9-19-10-8-17/h4,6H,2-3,5,7-10H2,1H3,(H,14,18). The molecule has 2 heterocycles. The number of rotatable bonds is 5. The molecule has 19 heavy (non-hydrogen) atoms. The number of ether oxygens (including phenoxy) is 1. The highest BCUT2D eigenvalue weighted by atomic mass is 16.5. The number of nitrogens with zero attached hydrogens (tertiary/aromatic N) is 3. The van der Waals surface area contributed by atoms with Crippen LogP contribution in [0.1, 0.15) is 30.3 Å². The van der Waals surface area contributed by atoms with Crippen molar-refractivity contribution in [3.05, 3.63) is 18.0 Å². The monoisotopic (exact) mass is 264 g/mol. The normalized spacial score (nSPS) is 15.3. The van der Waals surface area contributed by atoms with Gasteiger partial charge in [0.2, 0.25) is 5.95 Å². The largest absolute Gasteiger partial charge is 0.378 e. The van der Waals surface area contributed by atoms with Gasteiger partial charge < -0.3 is 15.0 Å². The van der Waals surface area contributed by atoms with E-state index in [1.165, 1.54) is 0 Å². The molecular weight excluding hydrogens is 244 g/mol. The van der Waals surface area contributed by atoms with Crippen LogP contribution in [0.15, 0.2) is 12.3 Å². The van der Waals surface area contributed by atoms with Gasteiger partial charge in [-0.1, -0.05) is 13.3 Å². The second kappa shape index (κ2) is 7.04. The van der Waals surface area contributed by atoms with Gasteiger partial charge in [0.1, 0.15) is 5.69 Å². The number of hydrogen-bond donors (Lipinski definition) is 1. The van der Waals surface area contributed by atoms with Gasteiger partial charge in [-0.2, -0.15) is 0 Å².